The summed E-state index contributed by atoms with van der Waals surface area (Å²) in [6.07, 6.45) is 3.81. The fourth-order valence-corrected chi connectivity index (χ4v) is 6.24. The molecule has 1 unspecified atom stereocenters. The van der Waals surface area contributed by atoms with Crippen molar-refractivity contribution in [1.82, 2.24) is 9.97 Å². The zero-order valence-electron chi connectivity index (χ0n) is 21.9. The lowest BCUT2D eigenvalue weighted by molar-refractivity contribution is 0.218. The molecule has 1 aliphatic carbocycles. The number of para-hydroxylation sites is 1. The van der Waals surface area contributed by atoms with Gasteiger partial charge in [-0.25, -0.2) is 4.98 Å². The van der Waals surface area contributed by atoms with E-state index < -0.39 is 0 Å². The average molecular weight is 519 g/mol. The van der Waals surface area contributed by atoms with Crippen LogP contribution in [0.4, 0.5) is 0 Å². The molecule has 0 saturated carbocycles. The summed E-state index contributed by atoms with van der Waals surface area (Å²) >= 11 is 1.67. The van der Waals surface area contributed by atoms with Crippen molar-refractivity contribution in [3.8, 4) is 28.6 Å². The number of rotatable bonds is 8. The maximum Gasteiger partial charge on any atom is 0.260 e. The van der Waals surface area contributed by atoms with Gasteiger partial charge < -0.3 is 19.2 Å². The second-order valence-electron chi connectivity index (χ2n) is 10.6. The number of hydrogen-bond donors (Lipinski definition) is 1. The van der Waals surface area contributed by atoms with E-state index in [4.69, 9.17) is 19.2 Å². The van der Waals surface area contributed by atoms with Gasteiger partial charge in [0.1, 0.15) is 16.4 Å². The number of methoxy groups -OCH3 is 1. The molecule has 0 aliphatic heterocycles. The normalized spacial score (nSPS) is 15.4. The second kappa shape index (κ2) is 10.6. The zero-order valence-corrected chi connectivity index (χ0v) is 22.7. The Bertz CT molecular complexity index is 1440. The largest absolute Gasteiger partial charge is 0.493 e. The standard InChI is InChI=1S/C30H34N2O4S/c1-30(2,3)20-12-13-22-25(18-20)37-29-26(22)28(33)31-27(32-29)19-11-14-23(24(17-19)34-4)36-16-8-15-35-21-9-6-5-7-10-21/h5-7,9-11,14,17,20H,8,12-13,15-16,18H2,1-4H3,(H,31,32,33). The molecule has 7 heteroatoms. The predicted molar refractivity (Wildman–Crippen MR) is 149 cm³/mol. The van der Waals surface area contributed by atoms with E-state index in [1.807, 2.05) is 48.5 Å². The van der Waals surface area contributed by atoms with Crippen LogP contribution in [0.2, 0.25) is 0 Å². The minimum absolute atomic E-state index is 0.0654. The number of ether oxygens (including phenoxy) is 3. The highest BCUT2D eigenvalue weighted by molar-refractivity contribution is 7.18. The number of hydrogen-bond acceptors (Lipinski definition) is 6. The molecule has 4 aromatic rings. The van der Waals surface area contributed by atoms with Gasteiger partial charge in [0.05, 0.1) is 25.7 Å². The van der Waals surface area contributed by atoms with Gasteiger partial charge in [0.15, 0.2) is 11.5 Å². The third-order valence-corrected chi connectivity index (χ3v) is 8.29. The molecular formula is C30H34N2O4S. The Balaban J connectivity index is 1.31. The lowest BCUT2D eigenvalue weighted by Crippen LogP contribution is -2.26. The van der Waals surface area contributed by atoms with Crippen LogP contribution in [0.15, 0.2) is 53.3 Å². The molecule has 1 N–H and O–H groups in total. The van der Waals surface area contributed by atoms with E-state index in [2.05, 4.69) is 25.8 Å². The smallest absolute Gasteiger partial charge is 0.260 e. The lowest BCUT2D eigenvalue weighted by Gasteiger charge is -2.33. The average Bonchev–Trinajstić information content (AvgIpc) is 3.27. The molecule has 0 fully saturated rings. The number of nitrogens with one attached hydrogen (secondary N) is 1. The van der Waals surface area contributed by atoms with Crippen LogP contribution in [0.5, 0.6) is 17.2 Å². The van der Waals surface area contributed by atoms with Crippen LogP contribution in [0.25, 0.3) is 21.6 Å². The number of nitrogens with zero attached hydrogens (tertiary/aromatic N) is 1. The zero-order chi connectivity index (χ0) is 26.0. The molecule has 2 heterocycles. The lowest BCUT2D eigenvalue weighted by atomic mass is 9.72. The molecule has 0 bridgehead atoms. The minimum Gasteiger partial charge on any atom is -0.493 e. The van der Waals surface area contributed by atoms with Crippen LogP contribution < -0.4 is 19.8 Å². The molecule has 0 amide bonds. The fraction of sp³-hybridized carbons (Fsp3) is 0.400. The number of fused-ring (bicyclic) bond motifs is 3. The number of aryl methyl sites for hydroxylation is 1. The van der Waals surface area contributed by atoms with Gasteiger partial charge in [-0.15, -0.1) is 11.3 Å². The molecule has 1 aliphatic rings. The van der Waals surface area contributed by atoms with Crippen molar-refractivity contribution in [2.75, 3.05) is 20.3 Å². The molecule has 1 atom stereocenters. The SMILES string of the molecule is COc1cc(-c2nc3sc4c(c3c(=O)[nH]2)CCC(C(C)(C)C)C4)ccc1OCCCOc1ccccc1. The number of aromatic nitrogens is 2. The molecule has 2 aromatic heterocycles. The van der Waals surface area contributed by atoms with Crippen LogP contribution in [0, 0.1) is 11.3 Å². The Kier molecular flexibility index (Phi) is 7.24. The first-order chi connectivity index (χ1) is 17.8. The molecule has 2 aromatic carbocycles. The fourth-order valence-electron chi connectivity index (χ4n) is 4.94. The summed E-state index contributed by atoms with van der Waals surface area (Å²) in [6.45, 7) is 7.98. The van der Waals surface area contributed by atoms with Gasteiger partial charge in [-0.1, -0.05) is 39.0 Å². The van der Waals surface area contributed by atoms with E-state index in [-0.39, 0.29) is 11.0 Å². The van der Waals surface area contributed by atoms with Crippen molar-refractivity contribution in [2.45, 2.75) is 46.5 Å². The minimum atomic E-state index is -0.0654. The van der Waals surface area contributed by atoms with E-state index in [0.717, 1.165) is 47.2 Å². The summed E-state index contributed by atoms with van der Waals surface area (Å²) in [7, 11) is 1.61. The molecular weight excluding hydrogens is 484 g/mol. The summed E-state index contributed by atoms with van der Waals surface area (Å²) in [5, 5.41) is 0.765. The van der Waals surface area contributed by atoms with Crippen LogP contribution in [-0.4, -0.2) is 30.3 Å². The van der Waals surface area contributed by atoms with Crippen molar-refractivity contribution in [3.63, 3.8) is 0 Å². The number of aromatic amines is 1. The van der Waals surface area contributed by atoms with Gasteiger partial charge >= 0.3 is 0 Å². The van der Waals surface area contributed by atoms with E-state index in [1.54, 1.807) is 18.4 Å². The van der Waals surface area contributed by atoms with Gasteiger partial charge in [0, 0.05) is 16.9 Å². The van der Waals surface area contributed by atoms with Crippen molar-refractivity contribution >= 4 is 21.6 Å². The Hall–Kier alpha value is -3.32. The van der Waals surface area contributed by atoms with Gasteiger partial charge in [0.2, 0.25) is 0 Å². The molecule has 0 saturated heterocycles. The summed E-state index contributed by atoms with van der Waals surface area (Å²) < 4.78 is 17.3. The molecule has 6 nitrogen and oxygen atoms in total. The molecule has 37 heavy (non-hydrogen) atoms. The third kappa shape index (κ3) is 5.52. The maximum atomic E-state index is 13.2. The van der Waals surface area contributed by atoms with Crippen LogP contribution in [0.1, 0.15) is 44.1 Å². The highest BCUT2D eigenvalue weighted by atomic mass is 32.1. The molecule has 5 rings (SSSR count). The quantitative estimate of drug-likeness (QED) is 0.264. The van der Waals surface area contributed by atoms with Gasteiger partial charge in [0.25, 0.3) is 5.56 Å². The number of thiophene rings is 1. The number of H-pyrrole nitrogens is 1. The van der Waals surface area contributed by atoms with E-state index in [1.165, 1.54) is 10.4 Å². The van der Waals surface area contributed by atoms with E-state index in [0.29, 0.717) is 36.5 Å². The highest BCUT2D eigenvalue weighted by Crippen LogP contribution is 2.42. The molecule has 194 valence electrons. The van der Waals surface area contributed by atoms with Crippen molar-refractivity contribution in [1.29, 1.82) is 0 Å². The van der Waals surface area contributed by atoms with Gasteiger partial charge in [-0.2, -0.15) is 0 Å². The first-order valence-electron chi connectivity index (χ1n) is 12.9. The van der Waals surface area contributed by atoms with E-state index in [9.17, 15) is 4.79 Å². The summed E-state index contributed by atoms with van der Waals surface area (Å²) in [5.41, 5.74) is 2.17. The second-order valence-corrected chi connectivity index (χ2v) is 11.7. The van der Waals surface area contributed by atoms with Crippen LogP contribution in [-0.2, 0) is 12.8 Å². The van der Waals surface area contributed by atoms with Crippen molar-refractivity contribution in [2.24, 2.45) is 11.3 Å². The Labute approximate surface area is 221 Å². The highest BCUT2D eigenvalue weighted by Gasteiger charge is 2.31. The maximum absolute atomic E-state index is 13.2. The number of benzene rings is 2. The van der Waals surface area contributed by atoms with Crippen molar-refractivity contribution in [3.05, 3.63) is 69.3 Å². The summed E-state index contributed by atoms with van der Waals surface area (Å²) in [6, 6.07) is 15.4. The summed E-state index contributed by atoms with van der Waals surface area (Å²) in [5.74, 6) is 3.26. The third-order valence-electron chi connectivity index (χ3n) is 7.14. The molecule has 0 spiro atoms. The Morgan fingerprint density at radius 1 is 1.05 bits per heavy atom. The van der Waals surface area contributed by atoms with Crippen LogP contribution >= 0.6 is 11.3 Å². The summed E-state index contributed by atoms with van der Waals surface area (Å²) in [4.78, 5) is 23.2. The Morgan fingerprint density at radius 2 is 1.84 bits per heavy atom. The van der Waals surface area contributed by atoms with Crippen molar-refractivity contribution < 1.29 is 14.2 Å². The van der Waals surface area contributed by atoms with Gasteiger partial charge in [-0.05, 0) is 66.5 Å². The van der Waals surface area contributed by atoms with Gasteiger partial charge in [-0.3, -0.25) is 4.79 Å². The van der Waals surface area contributed by atoms with Crippen LogP contribution in [0.3, 0.4) is 0 Å². The molecule has 0 radical (unpaired) electrons. The van der Waals surface area contributed by atoms with E-state index >= 15 is 0 Å². The monoisotopic (exact) mass is 518 g/mol. The predicted octanol–water partition coefficient (Wildman–Crippen LogP) is 6.66. The first-order valence-corrected chi connectivity index (χ1v) is 13.7. The Morgan fingerprint density at radius 3 is 2.59 bits per heavy atom. The topological polar surface area (TPSA) is 73.4 Å². The first kappa shape index (κ1) is 25.3.